The standard InChI is InChI=1S/C24H31ClO8/c1-12-18(14(28)5-15(32-4)19(12)25)20(29)33-17-8-22(3)16-7-21(2,11-27)10-23(16,30)6-13(9-26)24(17,22)31/h5-6,16-17,26-28,30-31H,7-11H2,1-4H3/t16-,17-,21?,22-,23+,24+/m1/s1. The molecule has 33 heavy (non-hydrogen) atoms. The van der Waals surface area contributed by atoms with Crippen molar-refractivity contribution in [2.24, 2.45) is 16.7 Å². The first kappa shape index (κ1) is 24.3. The Balaban J connectivity index is 1.68. The largest absolute Gasteiger partial charge is 0.507 e. The molecule has 3 aliphatic rings. The molecule has 182 valence electrons. The van der Waals surface area contributed by atoms with Crippen LogP contribution in [-0.2, 0) is 4.74 Å². The summed E-state index contributed by atoms with van der Waals surface area (Å²) < 4.78 is 10.8. The Hall–Kier alpha value is -1.84. The van der Waals surface area contributed by atoms with Gasteiger partial charge in [0.15, 0.2) is 0 Å². The summed E-state index contributed by atoms with van der Waals surface area (Å²) in [5.41, 5.74) is -4.08. The zero-order valence-electron chi connectivity index (χ0n) is 19.2. The van der Waals surface area contributed by atoms with Gasteiger partial charge in [-0.1, -0.05) is 25.4 Å². The second-order valence-electron chi connectivity index (χ2n) is 10.4. The second-order valence-corrected chi connectivity index (χ2v) is 10.8. The van der Waals surface area contributed by atoms with Gasteiger partial charge in [-0.3, -0.25) is 0 Å². The number of halogens is 1. The minimum atomic E-state index is -1.70. The fourth-order valence-corrected chi connectivity index (χ4v) is 6.78. The van der Waals surface area contributed by atoms with Gasteiger partial charge in [-0.15, -0.1) is 0 Å². The number of methoxy groups -OCH3 is 1. The van der Waals surface area contributed by atoms with E-state index in [4.69, 9.17) is 21.1 Å². The molecule has 2 fully saturated rings. The average molecular weight is 483 g/mol. The Bertz CT molecular complexity index is 1040. The third-order valence-electron chi connectivity index (χ3n) is 8.31. The van der Waals surface area contributed by atoms with Gasteiger partial charge < -0.3 is 35.0 Å². The SMILES string of the molecule is COc1cc(O)c(C(=O)O[C@@H]2C[C@]3(C)[C@H]4CC(C)(CO)C[C@@]4(O)C=C(CO)[C@]23O)c(C)c1Cl. The number of hydrogen-bond donors (Lipinski definition) is 5. The highest BCUT2D eigenvalue weighted by atomic mass is 35.5. The van der Waals surface area contributed by atoms with Crippen LogP contribution in [0.25, 0.3) is 0 Å². The summed E-state index contributed by atoms with van der Waals surface area (Å²) in [7, 11) is 1.39. The lowest BCUT2D eigenvalue weighted by atomic mass is 9.43. The van der Waals surface area contributed by atoms with Crippen LogP contribution in [0.2, 0.25) is 5.02 Å². The molecule has 6 atom stereocenters. The summed E-state index contributed by atoms with van der Waals surface area (Å²) in [4.78, 5) is 13.0. The van der Waals surface area contributed by atoms with Gasteiger partial charge in [0.1, 0.15) is 28.8 Å². The normalized spacial score (nSPS) is 39.2. The molecule has 0 amide bonds. The topological polar surface area (TPSA) is 137 Å². The van der Waals surface area contributed by atoms with Crippen LogP contribution in [0.15, 0.2) is 17.7 Å². The van der Waals surface area contributed by atoms with E-state index in [9.17, 15) is 30.3 Å². The van der Waals surface area contributed by atoms with Crippen LogP contribution in [0.3, 0.4) is 0 Å². The predicted molar refractivity (Wildman–Crippen MR) is 119 cm³/mol. The molecule has 9 heteroatoms. The van der Waals surface area contributed by atoms with E-state index in [1.165, 1.54) is 19.3 Å². The molecule has 1 aromatic carbocycles. The minimum Gasteiger partial charge on any atom is -0.507 e. The highest BCUT2D eigenvalue weighted by Crippen LogP contribution is 2.69. The summed E-state index contributed by atoms with van der Waals surface area (Å²) in [6.07, 6.45) is 1.50. The summed E-state index contributed by atoms with van der Waals surface area (Å²) in [5.74, 6) is -1.41. The van der Waals surface area contributed by atoms with E-state index in [1.807, 2.05) is 13.8 Å². The molecule has 0 bridgehead atoms. The molecule has 8 nitrogen and oxygen atoms in total. The molecule has 1 unspecified atom stereocenters. The van der Waals surface area contributed by atoms with Gasteiger partial charge in [-0.2, -0.15) is 0 Å². The first-order valence-electron chi connectivity index (χ1n) is 11.0. The highest BCUT2D eigenvalue weighted by molar-refractivity contribution is 6.33. The number of aliphatic hydroxyl groups excluding tert-OH is 2. The summed E-state index contributed by atoms with van der Waals surface area (Å²) in [5, 5.41) is 53.7. The van der Waals surface area contributed by atoms with Crippen molar-refractivity contribution in [3.63, 3.8) is 0 Å². The maximum absolute atomic E-state index is 13.0. The lowest BCUT2D eigenvalue weighted by molar-refractivity contribution is -0.265. The minimum absolute atomic E-state index is 0.113. The zero-order chi connectivity index (χ0) is 24.6. The number of benzene rings is 1. The van der Waals surface area contributed by atoms with E-state index in [0.717, 1.165) is 0 Å². The lowest BCUT2D eigenvalue weighted by Gasteiger charge is -2.66. The predicted octanol–water partition coefficient (Wildman–Crippen LogP) is 2.10. The monoisotopic (exact) mass is 482 g/mol. The van der Waals surface area contributed by atoms with Crippen LogP contribution in [0.1, 0.15) is 49.0 Å². The fourth-order valence-electron chi connectivity index (χ4n) is 6.55. The Morgan fingerprint density at radius 2 is 1.91 bits per heavy atom. The third-order valence-corrected chi connectivity index (χ3v) is 8.78. The van der Waals surface area contributed by atoms with Crippen LogP contribution in [0, 0.1) is 23.7 Å². The zero-order valence-corrected chi connectivity index (χ0v) is 19.9. The highest BCUT2D eigenvalue weighted by Gasteiger charge is 2.75. The first-order valence-corrected chi connectivity index (χ1v) is 11.3. The van der Waals surface area contributed by atoms with E-state index in [1.54, 1.807) is 6.92 Å². The maximum atomic E-state index is 13.0. The second kappa shape index (κ2) is 7.58. The Morgan fingerprint density at radius 3 is 2.48 bits per heavy atom. The van der Waals surface area contributed by atoms with Crippen molar-refractivity contribution in [1.82, 2.24) is 0 Å². The molecule has 5 N–H and O–H groups in total. The van der Waals surface area contributed by atoms with E-state index >= 15 is 0 Å². The average Bonchev–Trinajstić information content (AvgIpc) is 3.04. The van der Waals surface area contributed by atoms with Crippen LogP contribution < -0.4 is 4.74 Å². The molecule has 0 spiro atoms. The van der Waals surface area contributed by atoms with Crippen molar-refractivity contribution in [3.05, 3.63) is 33.9 Å². The molecule has 0 aliphatic heterocycles. The third kappa shape index (κ3) is 3.15. The molecular weight excluding hydrogens is 452 g/mol. The molecule has 4 rings (SSSR count). The molecule has 0 saturated heterocycles. The molecule has 2 saturated carbocycles. The van der Waals surface area contributed by atoms with Crippen LogP contribution in [-0.4, -0.2) is 69.1 Å². The number of hydrogen-bond acceptors (Lipinski definition) is 8. The fraction of sp³-hybridized carbons (Fsp3) is 0.625. The number of carbonyl (C=O) groups excluding carboxylic acids is 1. The molecule has 0 radical (unpaired) electrons. The van der Waals surface area contributed by atoms with Gasteiger partial charge in [0.25, 0.3) is 0 Å². The lowest BCUT2D eigenvalue weighted by Crippen LogP contribution is -2.75. The van der Waals surface area contributed by atoms with E-state index < -0.39 is 46.6 Å². The van der Waals surface area contributed by atoms with Crippen molar-refractivity contribution < 1.29 is 39.8 Å². The number of esters is 1. The van der Waals surface area contributed by atoms with Crippen molar-refractivity contribution in [2.75, 3.05) is 20.3 Å². The van der Waals surface area contributed by atoms with Crippen molar-refractivity contribution in [3.8, 4) is 11.5 Å². The van der Waals surface area contributed by atoms with Crippen molar-refractivity contribution in [1.29, 1.82) is 0 Å². The number of phenols is 1. The Kier molecular flexibility index (Phi) is 5.58. The number of carbonyl (C=O) groups is 1. The summed E-state index contributed by atoms with van der Waals surface area (Å²) >= 11 is 6.24. The van der Waals surface area contributed by atoms with Crippen molar-refractivity contribution >= 4 is 17.6 Å². The molecule has 0 aromatic heterocycles. The van der Waals surface area contributed by atoms with E-state index in [2.05, 4.69) is 0 Å². The molecule has 1 aromatic rings. The van der Waals surface area contributed by atoms with Crippen LogP contribution >= 0.6 is 11.6 Å². The molecular formula is C24H31ClO8. The quantitative estimate of drug-likeness (QED) is 0.318. The molecule has 3 aliphatic carbocycles. The number of aromatic hydroxyl groups is 1. The summed E-state index contributed by atoms with van der Waals surface area (Å²) in [6.45, 7) is 4.61. The smallest absolute Gasteiger partial charge is 0.342 e. The van der Waals surface area contributed by atoms with Gasteiger partial charge in [0, 0.05) is 24.0 Å². The van der Waals surface area contributed by atoms with Gasteiger partial charge in [-0.05, 0) is 48.8 Å². The Morgan fingerprint density at radius 1 is 1.24 bits per heavy atom. The van der Waals surface area contributed by atoms with Crippen LogP contribution in [0.5, 0.6) is 11.5 Å². The van der Waals surface area contributed by atoms with Gasteiger partial charge in [0.2, 0.25) is 0 Å². The van der Waals surface area contributed by atoms with Gasteiger partial charge in [-0.25, -0.2) is 4.79 Å². The number of aliphatic hydroxyl groups is 4. The number of fused-ring (bicyclic) bond motifs is 3. The summed E-state index contributed by atoms with van der Waals surface area (Å²) in [6, 6.07) is 1.22. The van der Waals surface area contributed by atoms with Crippen LogP contribution in [0.4, 0.5) is 0 Å². The number of rotatable bonds is 5. The van der Waals surface area contributed by atoms with Crippen molar-refractivity contribution in [2.45, 2.75) is 57.3 Å². The number of phenolic OH excluding ortho intramolecular Hbond substituents is 1. The Labute approximate surface area is 197 Å². The maximum Gasteiger partial charge on any atom is 0.342 e. The van der Waals surface area contributed by atoms with Gasteiger partial charge >= 0.3 is 5.97 Å². The van der Waals surface area contributed by atoms with E-state index in [-0.39, 0.29) is 46.2 Å². The number of ether oxygens (including phenoxy) is 2. The van der Waals surface area contributed by atoms with Gasteiger partial charge in [0.05, 0.1) is 24.3 Å². The van der Waals surface area contributed by atoms with E-state index in [0.29, 0.717) is 12.8 Å². The molecule has 0 heterocycles. The first-order chi connectivity index (χ1) is 15.3.